The molecular weight excluding hydrogens is 252 g/mol. The maximum Gasteiger partial charge on any atom is 0.0729 e. The van der Waals surface area contributed by atoms with Crippen LogP contribution in [0.2, 0.25) is 0 Å². The lowest BCUT2D eigenvalue weighted by Crippen LogP contribution is -2.32. The van der Waals surface area contributed by atoms with Crippen LogP contribution in [-0.2, 0) is 6.61 Å². The molecule has 106 valence electrons. The molecule has 0 amide bonds. The Kier molecular flexibility index (Phi) is 3.59. The van der Waals surface area contributed by atoms with E-state index >= 15 is 0 Å². The molecule has 2 N–H and O–H groups in total. The Bertz CT molecular complexity index is 627. The highest BCUT2D eigenvalue weighted by Crippen LogP contribution is 2.32. The number of benzene rings is 1. The first-order chi connectivity index (χ1) is 9.72. The highest BCUT2D eigenvalue weighted by atomic mass is 16.3. The molecule has 1 saturated heterocycles. The molecule has 20 heavy (non-hydrogen) atoms. The molecule has 0 saturated carbocycles. The number of aromatic nitrogens is 1. The lowest BCUT2D eigenvalue weighted by atomic mass is 10.1. The zero-order valence-electron chi connectivity index (χ0n) is 11.7. The lowest BCUT2D eigenvalue weighted by molar-refractivity contribution is 0.266. The Morgan fingerprint density at radius 1 is 1.30 bits per heavy atom. The van der Waals surface area contributed by atoms with Crippen LogP contribution in [0, 0.1) is 6.92 Å². The van der Waals surface area contributed by atoms with E-state index in [2.05, 4.69) is 16.0 Å². The zero-order valence-corrected chi connectivity index (χ0v) is 11.7. The molecule has 1 unspecified atom stereocenters. The Labute approximate surface area is 118 Å². The van der Waals surface area contributed by atoms with Crippen molar-refractivity contribution in [2.75, 3.05) is 18.1 Å². The van der Waals surface area contributed by atoms with E-state index in [1.54, 1.807) is 0 Å². The summed E-state index contributed by atoms with van der Waals surface area (Å²) in [5.74, 6) is 0. The summed E-state index contributed by atoms with van der Waals surface area (Å²) in [5.41, 5.74) is 3.90. The second-order valence-electron chi connectivity index (χ2n) is 5.46. The van der Waals surface area contributed by atoms with Crippen molar-refractivity contribution >= 4 is 16.6 Å². The Morgan fingerprint density at radius 2 is 2.15 bits per heavy atom. The van der Waals surface area contributed by atoms with Gasteiger partial charge in [0.2, 0.25) is 0 Å². The molecule has 0 aliphatic carbocycles. The summed E-state index contributed by atoms with van der Waals surface area (Å²) in [5, 5.41) is 19.9. The average Bonchev–Trinajstić information content (AvgIpc) is 2.93. The van der Waals surface area contributed by atoms with Crippen LogP contribution in [0.15, 0.2) is 24.3 Å². The smallest absolute Gasteiger partial charge is 0.0729 e. The molecule has 1 aromatic heterocycles. The zero-order chi connectivity index (χ0) is 14.1. The van der Waals surface area contributed by atoms with E-state index in [0.717, 1.165) is 47.2 Å². The maximum atomic E-state index is 9.53. The number of pyridine rings is 1. The molecule has 0 radical (unpaired) electrons. The summed E-state index contributed by atoms with van der Waals surface area (Å²) in [7, 11) is 0. The largest absolute Gasteiger partial charge is 0.394 e. The number of fused-ring (bicyclic) bond motifs is 1. The molecule has 1 fully saturated rings. The van der Waals surface area contributed by atoms with Gasteiger partial charge in [-0.25, -0.2) is 0 Å². The van der Waals surface area contributed by atoms with Crippen molar-refractivity contribution in [2.45, 2.75) is 32.4 Å². The number of aliphatic hydroxyl groups is 2. The van der Waals surface area contributed by atoms with Gasteiger partial charge in [0.15, 0.2) is 0 Å². The predicted octanol–water partition coefficient (Wildman–Crippen LogP) is 2.00. The molecule has 4 nitrogen and oxygen atoms in total. The first kappa shape index (κ1) is 13.3. The van der Waals surface area contributed by atoms with Gasteiger partial charge in [0.1, 0.15) is 0 Å². The third-order valence-electron chi connectivity index (χ3n) is 4.06. The van der Waals surface area contributed by atoms with Crippen LogP contribution in [0.25, 0.3) is 10.9 Å². The van der Waals surface area contributed by atoms with E-state index in [-0.39, 0.29) is 19.3 Å². The van der Waals surface area contributed by atoms with E-state index in [4.69, 9.17) is 0 Å². The van der Waals surface area contributed by atoms with Gasteiger partial charge >= 0.3 is 0 Å². The number of rotatable bonds is 3. The summed E-state index contributed by atoms with van der Waals surface area (Å²) < 4.78 is 0. The van der Waals surface area contributed by atoms with E-state index in [1.807, 2.05) is 25.1 Å². The molecule has 3 rings (SSSR count). The number of aryl methyl sites for hydroxylation is 1. The van der Waals surface area contributed by atoms with Gasteiger partial charge in [-0.2, -0.15) is 0 Å². The van der Waals surface area contributed by atoms with Crippen molar-refractivity contribution in [3.8, 4) is 0 Å². The van der Waals surface area contributed by atoms with E-state index in [9.17, 15) is 10.2 Å². The Balaban J connectivity index is 2.14. The van der Waals surface area contributed by atoms with Crippen LogP contribution in [-0.4, -0.2) is 34.4 Å². The molecule has 1 aliphatic rings. The van der Waals surface area contributed by atoms with Crippen molar-refractivity contribution in [3.05, 3.63) is 35.5 Å². The minimum atomic E-state index is 0.0316. The quantitative estimate of drug-likeness (QED) is 0.897. The summed E-state index contributed by atoms with van der Waals surface area (Å²) in [6.07, 6.45) is 2.15. The third-order valence-corrected chi connectivity index (χ3v) is 4.06. The van der Waals surface area contributed by atoms with Gasteiger partial charge < -0.3 is 15.1 Å². The van der Waals surface area contributed by atoms with Crippen molar-refractivity contribution in [3.63, 3.8) is 0 Å². The molecule has 2 aromatic rings. The molecule has 1 aliphatic heterocycles. The van der Waals surface area contributed by atoms with Crippen LogP contribution in [0.1, 0.15) is 24.1 Å². The van der Waals surface area contributed by atoms with Crippen molar-refractivity contribution in [2.24, 2.45) is 0 Å². The predicted molar refractivity (Wildman–Crippen MR) is 79.9 cm³/mol. The van der Waals surface area contributed by atoms with Crippen LogP contribution >= 0.6 is 0 Å². The van der Waals surface area contributed by atoms with E-state index < -0.39 is 0 Å². The topological polar surface area (TPSA) is 56.6 Å². The van der Waals surface area contributed by atoms with Gasteiger partial charge in [0, 0.05) is 23.3 Å². The fourth-order valence-electron chi connectivity index (χ4n) is 3.06. The fourth-order valence-corrected chi connectivity index (χ4v) is 3.06. The monoisotopic (exact) mass is 272 g/mol. The van der Waals surface area contributed by atoms with E-state index in [0.29, 0.717) is 0 Å². The highest BCUT2D eigenvalue weighted by molar-refractivity contribution is 5.92. The van der Waals surface area contributed by atoms with Gasteiger partial charge in [0.25, 0.3) is 0 Å². The number of aliphatic hydroxyl groups excluding tert-OH is 2. The number of hydrogen-bond donors (Lipinski definition) is 2. The number of nitrogens with zero attached hydrogens (tertiary/aromatic N) is 2. The molecule has 1 aromatic carbocycles. The van der Waals surface area contributed by atoms with Gasteiger partial charge in [-0.1, -0.05) is 12.1 Å². The Hall–Kier alpha value is -1.65. The van der Waals surface area contributed by atoms with Crippen LogP contribution in [0.3, 0.4) is 0 Å². The van der Waals surface area contributed by atoms with Crippen LogP contribution < -0.4 is 4.90 Å². The third kappa shape index (κ3) is 2.25. The van der Waals surface area contributed by atoms with E-state index in [1.165, 1.54) is 0 Å². The summed E-state index contributed by atoms with van der Waals surface area (Å²) >= 11 is 0. The fraction of sp³-hybridized carbons (Fsp3) is 0.438. The first-order valence-electron chi connectivity index (χ1n) is 7.11. The summed E-state index contributed by atoms with van der Waals surface area (Å²) in [6.45, 7) is 3.19. The molecule has 0 spiro atoms. The average molecular weight is 272 g/mol. The molecule has 2 heterocycles. The van der Waals surface area contributed by atoms with Gasteiger partial charge in [-0.3, -0.25) is 4.98 Å². The summed E-state index contributed by atoms with van der Waals surface area (Å²) in [4.78, 5) is 6.85. The minimum Gasteiger partial charge on any atom is -0.394 e. The molecule has 0 bridgehead atoms. The van der Waals surface area contributed by atoms with Gasteiger partial charge in [0.05, 0.1) is 24.8 Å². The van der Waals surface area contributed by atoms with Crippen molar-refractivity contribution in [1.82, 2.24) is 4.98 Å². The second kappa shape index (κ2) is 5.38. The number of hydrogen-bond acceptors (Lipinski definition) is 4. The van der Waals surface area contributed by atoms with Crippen LogP contribution in [0.5, 0.6) is 0 Å². The van der Waals surface area contributed by atoms with Crippen molar-refractivity contribution in [1.29, 1.82) is 0 Å². The maximum absolute atomic E-state index is 9.53. The first-order valence-corrected chi connectivity index (χ1v) is 7.11. The van der Waals surface area contributed by atoms with Gasteiger partial charge in [-0.15, -0.1) is 0 Å². The summed E-state index contributed by atoms with van der Waals surface area (Å²) in [6, 6.07) is 8.20. The normalized spacial score (nSPS) is 18.9. The van der Waals surface area contributed by atoms with Gasteiger partial charge in [-0.05, 0) is 37.5 Å². The molecule has 1 atom stereocenters. The number of anilines is 1. The van der Waals surface area contributed by atoms with Crippen molar-refractivity contribution < 1.29 is 10.2 Å². The highest BCUT2D eigenvalue weighted by Gasteiger charge is 2.25. The molecular formula is C16H20N2O2. The second-order valence-corrected chi connectivity index (χ2v) is 5.46. The SMILES string of the molecule is Cc1cc(N2CCCC2CO)c2ccc(CO)cc2n1. The minimum absolute atomic E-state index is 0.0316. The lowest BCUT2D eigenvalue weighted by Gasteiger charge is -2.27. The Morgan fingerprint density at radius 3 is 2.90 bits per heavy atom. The van der Waals surface area contributed by atoms with Crippen LogP contribution in [0.4, 0.5) is 5.69 Å². The molecule has 4 heteroatoms. The standard InChI is InChI=1S/C16H20N2O2/c1-11-7-16(18-6-2-3-13(18)10-20)14-5-4-12(9-19)8-15(14)17-11/h4-5,7-8,13,19-20H,2-3,6,9-10H2,1H3.